The average molecular weight is 247 g/mol. The van der Waals surface area contributed by atoms with Crippen molar-refractivity contribution in [2.45, 2.75) is 32.3 Å². The van der Waals surface area contributed by atoms with Gasteiger partial charge in [0.2, 0.25) is 5.60 Å². The molecule has 1 aromatic rings. The first-order valence-electron chi connectivity index (χ1n) is 6.19. The maximum atomic E-state index is 12.0. The van der Waals surface area contributed by atoms with Gasteiger partial charge in [-0.1, -0.05) is 42.4 Å². The predicted octanol–water partition coefficient (Wildman–Crippen LogP) is 2.52. The Morgan fingerprint density at radius 3 is 2.72 bits per heavy atom. The Balaban J connectivity index is 2.16. The second-order valence-corrected chi connectivity index (χ2v) is 4.24. The Morgan fingerprint density at radius 2 is 2.11 bits per heavy atom. The minimum absolute atomic E-state index is 0.331. The van der Waals surface area contributed by atoms with Crippen molar-refractivity contribution in [1.29, 1.82) is 0 Å². The summed E-state index contributed by atoms with van der Waals surface area (Å²) in [4.78, 5) is 17.3. The molecule has 18 heavy (non-hydrogen) atoms. The van der Waals surface area contributed by atoms with Crippen molar-refractivity contribution in [3.05, 3.63) is 35.9 Å². The predicted molar refractivity (Wildman–Crippen MR) is 68.3 cm³/mol. The van der Waals surface area contributed by atoms with Gasteiger partial charge in [0.05, 0.1) is 12.3 Å². The molecule has 1 unspecified atom stereocenters. The highest BCUT2D eigenvalue weighted by Crippen LogP contribution is 2.31. The fourth-order valence-corrected chi connectivity index (χ4v) is 1.97. The van der Waals surface area contributed by atoms with Gasteiger partial charge in [-0.2, -0.15) is 0 Å². The average Bonchev–Trinajstić information content (AvgIpc) is 2.86. The summed E-state index contributed by atoms with van der Waals surface area (Å²) in [5, 5.41) is 4.05. The molecule has 0 saturated heterocycles. The number of oxime groups is 1. The molecular formula is C14H17NO3. The molecule has 1 heterocycles. The number of rotatable bonds is 4. The lowest BCUT2D eigenvalue weighted by atomic mass is 9.92. The summed E-state index contributed by atoms with van der Waals surface area (Å²) in [6, 6.07) is 9.73. The molecule has 0 saturated carbocycles. The lowest BCUT2D eigenvalue weighted by Gasteiger charge is -2.22. The van der Waals surface area contributed by atoms with Gasteiger partial charge in [-0.05, 0) is 18.9 Å². The molecule has 2 rings (SSSR count). The quantitative estimate of drug-likeness (QED) is 0.768. The minimum atomic E-state index is -0.943. The first kappa shape index (κ1) is 12.6. The number of carbonyl (C=O) groups is 1. The molecule has 0 spiro atoms. The molecule has 0 N–H and O–H groups in total. The summed E-state index contributed by atoms with van der Waals surface area (Å²) in [7, 11) is 0. The van der Waals surface area contributed by atoms with Crippen LogP contribution in [0.15, 0.2) is 35.5 Å². The highest BCUT2D eigenvalue weighted by Gasteiger charge is 2.46. The largest absolute Gasteiger partial charge is 0.463 e. The van der Waals surface area contributed by atoms with Gasteiger partial charge in [-0.15, -0.1) is 0 Å². The van der Waals surface area contributed by atoms with E-state index in [2.05, 4.69) is 5.16 Å². The number of esters is 1. The summed E-state index contributed by atoms with van der Waals surface area (Å²) < 4.78 is 5.07. The summed E-state index contributed by atoms with van der Waals surface area (Å²) in [6.45, 7) is 4.04. The zero-order valence-corrected chi connectivity index (χ0v) is 10.7. The van der Waals surface area contributed by atoms with E-state index in [1.807, 2.05) is 37.3 Å². The van der Waals surface area contributed by atoms with Crippen molar-refractivity contribution < 1.29 is 14.4 Å². The number of benzene rings is 1. The van der Waals surface area contributed by atoms with Crippen LogP contribution in [0.2, 0.25) is 0 Å². The molecule has 4 heteroatoms. The number of hydrogen-bond acceptors (Lipinski definition) is 4. The van der Waals surface area contributed by atoms with E-state index >= 15 is 0 Å². The molecule has 0 radical (unpaired) electrons. The Morgan fingerprint density at radius 1 is 1.39 bits per heavy atom. The van der Waals surface area contributed by atoms with E-state index in [4.69, 9.17) is 9.57 Å². The fourth-order valence-electron chi connectivity index (χ4n) is 1.97. The first-order chi connectivity index (χ1) is 8.72. The van der Waals surface area contributed by atoms with Crippen molar-refractivity contribution in [2.75, 3.05) is 6.61 Å². The highest BCUT2D eigenvalue weighted by molar-refractivity contribution is 6.04. The van der Waals surface area contributed by atoms with E-state index in [1.165, 1.54) is 0 Å². The van der Waals surface area contributed by atoms with Crippen molar-refractivity contribution >= 4 is 11.7 Å². The fraction of sp³-hybridized carbons (Fsp3) is 0.429. The van der Waals surface area contributed by atoms with Crippen molar-refractivity contribution in [1.82, 2.24) is 0 Å². The minimum Gasteiger partial charge on any atom is -0.463 e. The number of nitrogens with zero attached hydrogens (tertiary/aromatic N) is 1. The zero-order valence-electron chi connectivity index (χ0n) is 10.7. The Labute approximate surface area is 107 Å². The summed E-state index contributed by atoms with van der Waals surface area (Å²) in [5.74, 6) is -0.331. The second kappa shape index (κ2) is 5.21. The van der Waals surface area contributed by atoms with E-state index in [0.717, 1.165) is 11.3 Å². The molecule has 0 bridgehead atoms. The van der Waals surface area contributed by atoms with Crippen LogP contribution in [0.3, 0.4) is 0 Å². The normalized spacial score (nSPS) is 22.2. The topological polar surface area (TPSA) is 47.9 Å². The van der Waals surface area contributed by atoms with Gasteiger partial charge in [0.15, 0.2) is 0 Å². The van der Waals surface area contributed by atoms with Crippen molar-refractivity contribution in [3.8, 4) is 0 Å². The molecule has 0 aliphatic carbocycles. The number of ether oxygens (including phenoxy) is 1. The van der Waals surface area contributed by atoms with E-state index in [0.29, 0.717) is 19.4 Å². The van der Waals surface area contributed by atoms with Crippen LogP contribution in [-0.2, 0) is 14.4 Å². The van der Waals surface area contributed by atoms with Gasteiger partial charge in [-0.3, -0.25) is 0 Å². The molecule has 1 aromatic carbocycles. The van der Waals surface area contributed by atoms with Crippen LogP contribution < -0.4 is 0 Å². The Hall–Kier alpha value is -1.84. The molecular weight excluding hydrogens is 230 g/mol. The third-order valence-electron chi connectivity index (χ3n) is 3.11. The summed E-state index contributed by atoms with van der Waals surface area (Å²) >= 11 is 0. The number of carbonyl (C=O) groups excluding carboxylic acids is 1. The molecule has 0 fully saturated rings. The lowest BCUT2D eigenvalue weighted by Crippen LogP contribution is -2.40. The van der Waals surface area contributed by atoms with Gasteiger partial charge in [0, 0.05) is 6.42 Å². The molecule has 96 valence electrons. The lowest BCUT2D eigenvalue weighted by molar-refractivity contribution is -0.169. The van der Waals surface area contributed by atoms with Crippen molar-refractivity contribution in [2.24, 2.45) is 5.16 Å². The molecule has 0 aromatic heterocycles. The van der Waals surface area contributed by atoms with E-state index in [9.17, 15) is 4.79 Å². The van der Waals surface area contributed by atoms with Crippen molar-refractivity contribution in [3.63, 3.8) is 0 Å². The molecule has 4 nitrogen and oxygen atoms in total. The van der Waals surface area contributed by atoms with Crippen LogP contribution in [-0.4, -0.2) is 23.9 Å². The van der Waals surface area contributed by atoms with Gasteiger partial charge in [0.25, 0.3) is 0 Å². The third kappa shape index (κ3) is 2.23. The molecule has 1 atom stereocenters. The molecule has 1 aliphatic rings. The van der Waals surface area contributed by atoms with Gasteiger partial charge < -0.3 is 9.57 Å². The smallest absolute Gasteiger partial charge is 0.353 e. The van der Waals surface area contributed by atoms with Crippen LogP contribution in [0.4, 0.5) is 0 Å². The Kier molecular flexibility index (Phi) is 3.65. The van der Waals surface area contributed by atoms with E-state index in [-0.39, 0.29) is 5.97 Å². The zero-order chi connectivity index (χ0) is 13.0. The summed E-state index contributed by atoms with van der Waals surface area (Å²) in [5.41, 5.74) is 0.837. The van der Waals surface area contributed by atoms with Crippen LogP contribution >= 0.6 is 0 Å². The second-order valence-electron chi connectivity index (χ2n) is 4.24. The highest BCUT2D eigenvalue weighted by atomic mass is 16.7. The van der Waals surface area contributed by atoms with E-state index in [1.54, 1.807) is 6.92 Å². The van der Waals surface area contributed by atoms with Crippen LogP contribution in [0.1, 0.15) is 32.3 Å². The van der Waals surface area contributed by atoms with Crippen LogP contribution in [0.5, 0.6) is 0 Å². The number of hydrogen-bond donors (Lipinski definition) is 0. The Bertz CT molecular complexity index is 455. The van der Waals surface area contributed by atoms with Crippen LogP contribution in [0.25, 0.3) is 0 Å². The monoisotopic (exact) mass is 247 g/mol. The van der Waals surface area contributed by atoms with E-state index < -0.39 is 5.60 Å². The summed E-state index contributed by atoms with van der Waals surface area (Å²) in [6.07, 6.45) is 1.01. The SMILES string of the molecule is CCOC(=O)C1(CC)CC(c2ccccc2)=NO1. The maximum absolute atomic E-state index is 12.0. The third-order valence-corrected chi connectivity index (χ3v) is 3.11. The molecule has 0 amide bonds. The van der Waals surface area contributed by atoms with Crippen LogP contribution in [0, 0.1) is 0 Å². The first-order valence-corrected chi connectivity index (χ1v) is 6.19. The maximum Gasteiger partial charge on any atom is 0.353 e. The van der Waals surface area contributed by atoms with Gasteiger partial charge in [-0.25, -0.2) is 4.79 Å². The standard InChI is InChI=1S/C14H17NO3/c1-3-14(13(16)17-4-2)10-12(15-18-14)11-8-6-5-7-9-11/h5-9H,3-4,10H2,1-2H3. The van der Waals surface area contributed by atoms with Gasteiger partial charge >= 0.3 is 5.97 Å². The molecule has 1 aliphatic heterocycles. The van der Waals surface area contributed by atoms with Gasteiger partial charge in [0.1, 0.15) is 0 Å².